The number of nitrogens with zero attached hydrogens (tertiary/aromatic N) is 2. The van der Waals surface area contributed by atoms with E-state index >= 15 is 0 Å². The molecule has 1 heterocycles. The van der Waals surface area contributed by atoms with E-state index in [-0.39, 0.29) is 11.8 Å². The summed E-state index contributed by atoms with van der Waals surface area (Å²) in [7, 11) is 1.80. The van der Waals surface area contributed by atoms with Crippen molar-refractivity contribution >= 4 is 11.7 Å². The van der Waals surface area contributed by atoms with Crippen molar-refractivity contribution in [1.29, 1.82) is 5.26 Å². The first-order valence-electron chi connectivity index (χ1n) is 6.51. The van der Waals surface area contributed by atoms with Gasteiger partial charge < -0.3 is 10.6 Å². The maximum Gasteiger partial charge on any atom is 0.228 e. The first-order chi connectivity index (χ1) is 9.19. The third-order valence-electron chi connectivity index (χ3n) is 3.82. The van der Waals surface area contributed by atoms with Gasteiger partial charge in [0.25, 0.3) is 0 Å². The van der Waals surface area contributed by atoms with Gasteiger partial charge in [-0.15, -0.1) is 0 Å². The number of anilines is 1. The van der Waals surface area contributed by atoms with Crippen LogP contribution in [-0.4, -0.2) is 23.5 Å². The highest BCUT2D eigenvalue weighted by Gasteiger charge is 2.36. The second kappa shape index (κ2) is 5.81. The third kappa shape index (κ3) is 3.09. The van der Waals surface area contributed by atoms with Crippen LogP contribution in [0.5, 0.6) is 0 Å². The minimum absolute atomic E-state index is 0.00124. The number of carbonyl (C=O) groups is 1. The first-order valence-corrected chi connectivity index (χ1v) is 6.51. The number of nitrogens with one attached hydrogen (secondary N) is 2. The second-order valence-corrected chi connectivity index (χ2v) is 4.92. The molecule has 5 heteroatoms. The van der Waals surface area contributed by atoms with Gasteiger partial charge in [-0.3, -0.25) is 4.79 Å². The van der Waals surface area contributed by atoms with E-state index in [0.29, 0.717) is 18.7 Å². The summed E-state index contributed by atoms with van der Waals surface area (Å²) in [6, 6.07) is 7.74. The molecule has 1 amide bonds. The molecule has 2 N–H and O–H groups in total. The van der Waals surface area contributed by atoms with Crippen LogP contribution in [0.2, 0.25) is 0 Å². The highest BCUT2D eigenvalue weighted by Crippen LogP contribution is 2.32. The molecular weight excluding hydrogens is 240 g/mol. The van der Waals surface area contributed by atoms with Gasteiger partial charge in [0, 0.05) is 12.1 Å². The average molecular weight is 258 g/mol. The van der Waals surface area contributed by atoms with Crippen LogP contribution in [0, 0.1) is 17.2 Å². The van der Waals surface area contributed by atoms with Gasteiger partial charge in [-0.1, -0.05) is 6.07 Å². The molecule has 0 unspecified atom stereocenters. The molecule has 0 aromatic carbocycles. The van der Waals surface area contributed by atoms with Gasteiger partial charge in [-0.2, -0.15) is 5.26 Å². The predicted molar refractivity (Wildman–Crippen MR) is 72.2 cm³/mol. The van der Waals surface area contributed by atoms with Gasteiger partial charge in [-0.25, -0.2) is 4.98 Å². The Morgan fingerprint density at radius 2 is 2.21 bits per heavy atom. The number of hydrogen-bond donors (Lipinski definition) is 2. The zero-order valence-corrected chi connectivity index (χ0v) is 11.0. The zero-order chi connectivity index (χ0) is 13.7. The Labute approximate surface area is 113 Å². The second-order valence-electron chi connectivity index (χ2n) is 4.92. The van der Waals surface area contributed by atoms with E-state index in [9.17, 15) is 10.1 Å². The van der Waals surface area contributed by atoms with E-state index in [2.05, 4.69) is 21.7 Å². The van der Waals surface area contributed by atoms with Crippen LogP contribution in [0.25, 0.3) is 0 Å². The number of aromatic nitrogens is 1. The Morgan fingerprint density at radius 1 is 1.47 bits per heavy atom. The third-order valence-corrected chi connectivity index (χ3v) is 3.82. The maximum atomic E-state index is 12.1. The van der Waals surface area contributed by atoms with E-state index in [4.69, 9.17) is 0 Å². The van der Waals surface area contributed by atoms with Crippen LogP contribution in [0.1, 0.15) is 25.7 Å². The molecule has 1 aromatic rings. The minimum atomic E-state index is -0.457. The molecule has 100 valence electrons. The van der Waals surface area contributed by atoms with E-state index in [1.165, 1.54) is 0 Å². The SMILES string of the molecule is CNC1(C#N)CCC(C(=O)Nc2ccccn2)CC1. The van der Waals surface area contributed by atoms with Crippen molar-refractivity contribution in [3.05, 3.63) is 24.4 Å². The van der Waals surface area contributed by atoms with Crippen LogP contribution in [0.3, 0.4) is 0 Å². The van der Waals surface area contributed by atoms with Crippen molar-refractivity contribution in [3.63, 3.8) is 0 Å². The van der Waals surface area contributed by atoms with Gasteiger partial charge in [0.05, 0.1) is 6.07 Å². The average Bonchev–Trinajstić information content (AvgIpc) is 2.48. The molecule has 0 atom stereocenters. The number of amides is 1. The smallest absolute Gasteiger partial charge is 0.228 e. The number of carbonyl (C=O) groups excluding carboxylic acids is 1. The zero-order valence-electron chi connectivity index (χ0n) is 11.0. The largest absolute Gasteiger partial charge is 0.310 e. The van der Waals surface area contributed by atoms with Crippen molar-refractivity contribution in [3.8, 4) is 6.07 Å². The van der Waals surface area contributed by atoms with Crippen molar-refractivity contribution in [2.24, 2.45) is 5.92 Å². The lowest BCUT2D eigenvalue weighted by atomic mass is 9.77. The lowest BCUT2D eigenvalue weighted by molar-refractivity contribution is -0.121. The summed E-state index contributed by atoms with van der Waals surface area (Å²) in [6.07, 6.45) is 4.53. The Balaban J connectivity index is 1.92. The molecule has 0 saturated heterocycles. The molecule has 0 aliphatic heterocycles. The number of hydrogen-bond acceptors (Lipinski definition) is 4. The molecule has 1 aliphatic carbocycles. The van der Waals surface area contributed by atoms with Gasteiger partial charge in [0.15, 0.2) is 0 Å². The fourth-order valence-corrected chi connectivity index (χ4v) is 2.46. The molecule has 0 spiro atoms. The quantitative estimate of drug-likeness (QED) is 0.865. The van der Waals surface area contributed by atoms with Crippen molar-refractivity contribution in [2.75, 3.05) is 12.4 Å². The highest BCUT2D eigenvalue weighted by atomic mass is 16.1. The molecule has 1 aliphatic rings. The van der Waals surface area contributed by atoms with Crippen LogP contribution < -0.4 is 10.6 Å². The topological polar surface area (TPSA) is 77.8 Å². The summed E-state index contributed by atoms with van der Waals surface area (Å²) in [6.45, 7) is 0. The molecule has 2 rings (SSSR count). The summed E-state index contributed by atoms with van der Waals surface area (Å²) < 4.78 is 0. The van der Waals surface area contributed by atoms with E-state index < -0.39 is 5.54 Å². The Kier molecular flexibility index (Phi) is 4.13. The van der Waals surface area contributed by atoms with Crippen LogP contribution >= 0.6 is 0 Å². The monoisotopic (exact) mass is 258 g/mol. The molecule has 19 heavy (non-hydrogen) atoms. The molecule has 1 saturated carbocycles. The lowest BCUT2D eigenvalue weighted by Gasteiger charge is -2.33. The summed E-state index contributed by atoms with van der Waals surface area (Å²) in [5.74, 6) is 0.552. The van der Waals surface area contributed by atoms with Crippen molar-refractivity contribution in [2.45, 2.75) is 31.2 Å². The predicted octanol–water partition coefficient (Wildman–Crippen LogP) is 1.69. The fraction of sp³-hybridized carbons (Fsp3) is 0.500. The normalized spacial score (nSPS) is 26.4. The van der Waals surface area contributed by atoms with Crippen LogP contribution in [0.4, 0.5) is 5.82 Å². The lowest BCUT2D eigenvalue weighted by Crippen LogP contribution is -2.46. The first kappa shape index (κ1) is 13.5. The summed E-state index contributed by atoms with van der Waals surface area (Å²) >= 11 is 0. The Morgan fingerprint density at radius 3 is 2.74 bits per heavy atom. The summed E-state index contributed by atoms with van der Waals surface area (Å²) in [5.41, 5.74) is -0.457. The van der Waals surface area contributed by atoms with E-state index in [1.54, 1.807) is 19.3 Å². The minimum Gasteiger partial charge on any atom is -0.310 e. The molecule has 0 bridgehead atoms. The Bertz CT molecular complexity index is 472. The van der Waals surface area contributed by atoms with E-state index in [0.717, 1.165) is 12.8 Å². The van der Waals surface area contributed by atoms with Gasteiger partial charge in [0.2, 0.25) is 5.91 Å². The number of nitriles is 1. The summed E-state index contributed by atoms with van der Waals surface area (Å²) in [5, 5.41) is 15.1. The standard InChI is InChI=1S/C14H18N4O/c1-16-14(10-15)7-5-11(6-8-14)13(19)18-12-4-2-3-9-17-12/h2-4,9,11,16H,5-8H2,1H3,(H,17,18,19). The molecular formula is C14H18N4O. The van der Waals surface area contributed by atoms with Gasteiger partial charge >= 0.3 is 0 Å². The maximum absolute atomic E-state index is 12.1. The fourth-order valence-electron chi connectivity index (χ4n) is 2.46. The number of rotatable bonds is 3. The summed E-state index contributed by atoms with van der Waals surface area (Å²) in [4.78, 5) is 16.2. The Hall–Kier alpha value is -1.93. The molecule has 0 radical (unpaired) electrons. The van der Waals surface area contributed by atoms with Gasteiger partial charge in [-0.05, 0) is 44.9 Å². The molecule has 5 nitrogen and oxygen atoms in total. The van der Waals surface area contributed by atoms with Crippen LogP contribution in [-0.2, 0) is 4.79 Å². The van der Waals surface area contributed by atoms with Crippen molar-refractivity contribution < 1.29 is 4.79 Å². The van der Waals surface area contributed by atoms with E-state index in [1.807, 2.05) is 12.1 Å². The number of pyridine rings is 1. The van der Waals surface area contributed by atoms with Crippen molar-refractivity contribution in [1.82, 2.24) is 10.3 Å². The molecule has 1 fully saturated rings. The molecule has 1 aromatic heterocycles. The van der Waals surface area contributed by atoms with Gasteiger partial charge in [0.1, 0.15) is 11.4 Å². The highest BCUT2D eigenvalue weighted by molar-refractivity contribution is 5.91. The van der Waals surface area contributed by atoms with Crippen LogP contribution in [0.15, 0.2) is 24.4 Å².